The van der Waals surface area contributed by atoms with Crippen molar-refractivity contribution in [3.63, 3.8) is 0 Å². The van der Waals surface area contributed by atoms with E-state index in [4.69, 9.17) is 5.11 Å². The Bertz CT molecular complexity index is 593. The van der Waals surface area contributed by atoms with Crippen LogP contribution in [0.5, 0.6) is 0 Å². The van der Waals surface area contributed by atoms with Crippen LogP contribution in [0, 0.1) is 5.41 Å². The first kappa shape index (κ1) is 26.5. The third-order valence-electron chi connectivity index (χ3n) is 4.11. The second-order valence-corrected chi connectivity index (χ2v) is 6.04. The van der Waals surface area contributed by atoms with E-state index in [2.05, 4.69) is 9.47 Å². The molecule has 0 aromatic rings. The number of carboxylic acid groups (broad SMARTS) is 2. The molecule has 0 fully saturated rings. The summed E-state index contributed by atoms with van der Waals surface area (Å²) in [7, 11) is 0. The third-order valence-corrected chi connectivity index (χ3v) is 4.11. The largest absolute Gasteiger partial charge is 0.490 e. The minimum absolute atomic E-state index is 0.190. The molecule has 0 aliphatic carbocycles. The zero-order valence-electron chi connectivity index (χ0n) is 15.1. The standard InChI is InChI=1S/C15H18F6O8/c1-7(28-11(26)14(16,17)18)13(10(24)25,6-4-3-5-9(22)23)8(2)29-12(27)15(19,20)21/h7-8H,3-6H2,1-2H3,(H,22,23)(H,24,25). The molecule has 0 spiro atoms. The zero-order chi connectivity index (χ0) is 23.2. The van der Waals surface area contributed by atoms with Crippen LogP contribution in [-0.4, -0.2) is 58.7 Å². The van der Waals surface area contributed by atoms with Crippen LogP contribution in [0.1, 0.15) is 39.5 Å². The van der Waals surface area contributed by atoms with Crippen LogP contribution in [0.2, 0.25) is 0 Å². The van der Waals surface area contributed by atoms with E-state index in [1.807, 2.05) is 0 Å². The van der Waals surface area contributed by atoms with Gasteiger partial charge in [-0.2, -0.15) is 26.3 Å². The number of alkyl halides is 6. The molecule has 14 heteroatoms. The van der Waals surface area contributed by atoms with Gasteiger partial charge in [0.25, 0.3) is 0 Å². The number of carbonyl (C=O) groups is 4. The lowest BCUT2D eigenvalue weighted by atomic mass is 9.73. The van der Waals surface area contributed by atoms with Crippen molar-refractivity contribution >= 4 is 23.9 Å². The van der Waals surface area contributed by atoms with Crippen LogP contribution < -0.4 is 0 Å². The van der Waals surface area contributed by atoms with Gasteiger partial charge in [0.15, 0.2) is 0 Å². The molecule has 0 saturated carbocycles. The van der Waals surface area contributed by atoms with Gasteiger partial charge in [0.05, 0.1) is 0 Å². The molecule has 0 heterocycles. The van der Waals surface area contributed by atoms with E-state index in [0.717, 1.165) is 0 Å². The number of unbranched alkanes of at least 4 members (excludes halogenated alkanes) is 1. The fourth-order valence-corrected chi connectivity index (χ4v) is 2.55. The Morgan fingerprint density at radius 3 is 1.45 bits per heavy atom. The lowest BCUT2D eigenvalue weighted by Gasteiger charge is -2.39. The predicted molar refractivity (Wildman–Crippen MR) is 79.4 cm³/mol. The SMILES string of the molecule is CC(OC(=O)C(F)(F)F)C(CCCCC(=O)O)(C(=O)O)C(C)OC(=O)C(F)(F)F. The molecule has 0 saturated heterocycles. The van der Waals surface area contributed by atoms with Crippen molar-refractivity contribution in [2.75, 3.05) is 0 Å². The van der Waals surface area contributed by atoms with Crippen molar-refractivity contribution in [2.24, 2.45) is 5.41 Å². The Morgan fingerprint density at radius 1 is 0.793 bits per heavy atom. The molecule has 29 heavy (non-hydrogen) atoms. The van der Waals surface area contributed by atoms with Gasteiger partial charge in [0.1, 0.15) is 17.6 Å². The van der Waals surface area contributed by atoms with Gasteiger partial charge in [-0.25, -0.2) is 9.59 Å². The molecule has 0 aromatic heterocycles. The van der Waals surface area contributed by atoms with E-state index in [0.29, 0.717) is 13.8 Å². The Hall–Kier alpha value is -2.54. The highest BCUT2D eigenvalue weighted by Crippen LogP contribution is 2.39. The number of carboxylic acids is 2. The minimum atomic E-state index is -5.52. The second-order valence-electron chi connectivity index (χ2n) is 6.04. The molecule has 0 bridgehead atoms. The smallest absolute Gasteiger partial charge is 0.481 e. The molecule has 0 radical (unpaired) electrons. The van der Waals surface area contributed by atoms with Crippen LogP contribution in [0.25, 0.3) is 0 Å². The van der Waals surface area contributed by atoms with Crippen molar-refractivity contribution in [1.29, 1.82) is 0 Å². The lowest BCUT2D eigenvalue weighted by molar-refractivity contribution is -0.226. The highest BCUT2D eigenvalue weighted by Gasteiger charge is 2.55. The van der Waals surface area contributed by atoms with Crippen LogP contribution in [-0.2, 0) is 28.7 Å². The van der Waals surface area contributed by atoms with E-state index in [-0.39, 0.29) is 12.8 Å². The molecule has 168 valence electrons. The Morgan fingerprint density at radius 2 is 1.17 bits per heavy atom. The van der Waals surface area contributed by atoms with Crippen molar-refractivity contribution in [2.45, 2.75) is 64.1 Å². The number of hydrogen-bond donors (Lipinski definition) is 2. The predicted octanol–water partition coefficient (Wildman–Crippen LogP) is 2.69. The van der Waals surface area contributed by atoms with E-state index in [9.17, 15) is 50.6 Å². The van der Waals surface area contributed by atoms with Gasteiger partial charge in [-0.3, -0.25) is 9.59 Å². The maximum atomic E-state index is 12.4. The number of rotatable bonds is 10. The summed E-state index contributed by atoms with van der Waals surface area (Å²) in [5.74, 6) is -8.87. The Kier molecular flexibility index (Phi) is 8.93. The maximum absolute atomic E-state index is 12.4. The van der Waals surface area contributed by atoms with Gasteiger partial charge < -0.3 is 19.7 Å². The molecule has 2 unspecified atom stereocenters. The molecule has 2 N–H and O–H groups in total. The van der Waals surface area contributed by atoms with Crippen LogP contribution in [0.15, 0.2) is 0 Å². The topological polar surface area (TPSA) is 127 Å². The van der Waals surface area contributed by atoms with E-state index < -0.39 is 66.7 Å². The summed E-state index contributed by atoms with van der Waals surface area (Å²) in [5.41, 5.74) is -2.71. The number of esters is 2. The second kappa shape index (κ2) is 9.78. The van der Waals surface area contributed by atoms with Crippen molar-refractivity contribution in [3.8, 4) is 0 Å². The first-order valence-corrected chi connectivity index (χ1v) is 7.97. The third kappa shape index (κ3) is 7.42. The molecule has 8 nitrogen and oxygen atoms in total. The minimum Gasteiger partial charge on any atom is -0.481 e. The first-order valence-electron chi connectivity index (χ1n) is 7.97. The molecule has 0 rings (SSSR count). The summed E-state index contributed by atoms with van der Waals surface area (Å²) < 4.78 is 82.8. The monoisotopic (exact) mass is 440 g/mol. The molecule has 0 amide bonds. The van der Waals surface area contributed by atoms with E-state index in [1.165, 1.54) is 0 Å². The van der Waals surface area contributed by atoms with Crippen LogP contribution >= 0.6 is 0 Å². The molecular formula is C15H18F6O8. The van der Waals surface area contributed by atoms with Gasteiger partial charge in [0.2, 0.25) is 0 Å². The number of hydrogen-bond acceptors (Lipinski definition) is 6. The Labute approximate surface area is 159 Å². The highest BCUT2D eigenvalue weighted by atomic mass is 19.4. The van der Waals surface area contributed by atoms with Gasteiger partial charge in [-0.1, -0.05) is 6.42 Å². The molecule has 0 aliphatic heterocycles. The molecule has 0 aliphatic rings. The summed E-state index contributed by atoms with van der Waals surface area (Å²) in [6, 6.07) is 0. The van der Waals surface area contributed by atoms with Gasteiger partial charge in [-0.05, 0) is 26.7 Å². The average Bonchev–Trinajstić information content (AvgIpc) is 2.52. The van der Waals surface area contributed by atoms with Crippen LogP contribution in [0.4, 0.5) is 26.3 Å². The summed E-state index contributed by atoms with van der Waals surface area (Å²) in [4.78, 5) is 44.5. The van der Waals surface area contributed by atoms with Crippen molar-refractivity contribution < 1.29 is 65.2 Å². The van der Waals surface area contributed by atoms with Gasteiger partial charge in [-0.15, -0.1) is 0 Å². The average molecular weight is 440 g/mol. The normalized spacial score (nSPS) is 16.3. The number of halogens is 6. The molecule has 0 aromatic carbocycles. The number of ether oxygens (including phenoxy) is 2. The highest BCUT2D eigenvalue weighted by molar-refractivity contribution is 5.80. The van der Waals surface area contributed by atoms with Crippen LogP contribution in [0.3, 0.4) is 0 Å². The molecular weight excluding hydrogens is 422 g/mol. The van der Waals surface area contributed by atoms with E-state index in [1.54, 1.807) is 0 Å². The lowest BCUT2D eigenvalue weighted by Crippen LogP contribution is -2.53. The van der Waals surface area contributed by atoms with Crippen molar-refractivity contribution in [3.05, 3.63) is 0 Å². The summed E-state index contributed by atoms with van der Waals surface area (Å²) in [6.07, 6.45) is -17.1. The molecule has 2 atom stereocenters. The summed E-state index contributed by atoms with van der Waals surface area (Å²) in [5, 5.41) is 18.1. The fourth-order valence-electron chi connectivity index (χ4n) is 2.55. The summed E-state index contributed by atoms with van der Waals surface area (Å²) in [6.45, 7) is 1.37. The maximum Gasteiger partial charge on any atom is 0.490 e. The van der Waals surface area contributed by atoms with Gasteiger partial charge in [0, 0.05) is 6.42 Å². The fraction of sp³-hybridized carbons (Fsp3) is 0.733. The first-order chi connectivity index (χ1) is 13.0. The van der Waals surface area contributed by atoms with Crippen molar-refractivity contribution in [1.82, 2.24) is 0 Å². The van der Waals surface area contributed by atoms with Gasteiger partial charge >= 0.3 is 36.2 Å². The quantitative estimate of drug-likeness (QED) is 0.302. The number of carbonyl (C=O) groups excluding carboxylic acids is 2. The summed E-state index contributed by atoms with van der Waals surface area (Å²) >= 11 is 0. The van der Waals surface area contributed by atoms with E-state index >= 15 is 0 Å². The number of aliphatic carboxylic acids is 2. The Balaban J connectivity index is 5.87. The zero-order valence-corrected chi connectivity index (χ0v) is 15.1.